The Balaban J connectivity index is 2.14. The summed E-state index contributed by atoms with van der Waals surface area (Å²) in [5.74, 6) is -0.0500. The summed E-state index contributed by atoms with van der Waals surface area (Å²) in [4.78, 5) is 12.6. The number of fused-ring (bicyclic) bond motifs is 1. The van der Waals surface area contributed by atoms with Gasteiger partial charge in [-0.2, -0.15) is 0 Å². The van der Waals surface area contributed by atoms with E-state index in [0.29, 0.717) is 12.0 Å². The molecule has 0 spiro atoms. The largest absolute Gasteiger partial charge is 0.396 e. The standard InChI is InChI=1S/C17H15NO2/c19-11-10-14-12-18(16-9-5-4-8-15(14)16)17(20)13-6-2-1-3-7-13/h1-9,12,19H,10-11H2. The predicted octanol–water partition coefficient (Wildman–Crippen LogP) is 2.86. The van der Waals surface area contributed by atoms with E-state index >= 15 is 0 Å². The Bertz CT molecular complexity index is 744. The summed E-state index contributed by atoms with van der Waals surface area (Å²) in [6.45, 7) is 0.0769. The van der Waals surface area contributed by atoms with E-state index in [1.165, 1.54) is 0 Å². The van der Waals surface area contributed by atoms with Crippen molar-refractivity contribution in [2.45, 2.75) is 6.42 Å². The van der Waals surface area contributed by atoms with Gasteiger partial charge in [0.2, 0.25) is 0 Å². The minimum Gasteiger partial charge on any atom is -0.396 e. The maximum Gasteiger partial charge on any atom is 0.262 e. The van der Waals surface area contributed by atoms with Crippen molar-refractivity contribution in [2.24, 2.45) is 0 Å². The van der Waals surface area contributed by atoms with Crippen molar-refractivity contribution in [3.05, 3.63) is 71.9 Å². The van der Waals surface area contributed by atoms with Crippen LogP contribution in [0.25, 0.3) is 10.9 Å². The Kier molecular flexibility index (Phi) is 3.35. The van der Waals surface area contributed by atoms with E-state index in [4.69, 9.17) is 5.11 Å². The van der Waals surface area contributed by atoms with Crippen molar-refractivity contribution in [3.63, 3.8) is 0 Å². The lowest BCUT2D eigenvalue weighted by molar-refractivity contribution is 0.0964. The highest BCUT2D eigenvalue weighted by Crippen LogP contribution is 2.22. The highest BCUT2D eigenvalue weighted by atomic mass is 16.3. The molecule has 3 rings (SSSR count). The number of aliphatic hydroxyl groups excluding tert-OH is 1. The second kappa shape index (κ2) is 5.31. The van der Waals surface area contributed by atoms with E-state index < -0.39 is 0 Å². The number of aromatic nitrogens is 1. The maximum absolute atomic E-state index is 12.6. The number of hydrogen-bond donors (Lipinski definition) is 1. The van der Waals surface area contributed by atoms with Crippen molar-refractivity contribution < 1.29 is 9.90 Å². The first kappa shape index (κ1) is 12.6. The van der Waals surface area contributed by atoms with Gasteiger partial charge in [-0.3, -0.25) is 9.36 Å². The van der Waals surface area contributed by atoms with Crippen LogP contribution in [0.3, 0.4) is 0 Å². The van der Waals surface area contributed by atoms with Crippen LogP contribution in [0.5, 0.6) is 0 Å². The average Bonchev–Trinajstić information content (AvgIpc) is 2.87. The van der Waals surface area contributed by atoms with E-state index in [9.17, 15) is 4.79 Å². The zero-order valence-corrected chi connectivity index (χ0v) is 11.0. The number of rotatable bonds is 3. The molecule has 3 heteroatoms. The molecule has 2 aromatic carbocycles. The predicted molar refractivity (Wildman–Crippen MR) is 78.9 cm³/mol. The van der Waals surface area contributed by atoms with Gasteiger partial charge in [-0.25, -0.2) is 0 Å². The number of nitrogens with zero attached hydrogens (tertiary/aromatic N) is 1. The van der Waals surface area contributed by atoms with Gasteiger partial charge in [0.15, 0.2) is 0 Å². The summed E-state index contributed by atoms with van der Waals surface area (Å²) < 4.78 is 1.66. The van der Waals surface area contributed by atoms with Gasteiger partial charge in [-0.05, 0) is 30.2 Å². The molecule has 20 heavy (non-hydrogen) atoms. The molecule has 3 aromatic rings. The third-order valence-electron chi connectivity index (χ3n) is 3.42. The van der Waals surface area contributed by atoms with Crippen LogP contribution in [0.2, 0.25) is 0 Å². The van der Waals surface area contributed by atoms with E-state index in [1.54, 1.807) is 4.57 Å². The third kappa shape index (κ3) is 2.12. The SMILES string of the molecule is O=C(c1ccccc1)n1cc(CCO)c2ccccc21. The molecule has 0 radical (unpaired) electrons. The van der Waals surface area contributed by atoms with E-state index in [2.05, 4.69) is 0 Å². The molecule has 0 saturated carbocycles. The lowest BCUT2D eigenvalue weighted by Crippen LogP contribution is -2.10. The summed E-state index contributed by atoms with van der Waals surface area (Å²) >= 11 is 0. The van der Waals surface area contributed by atoms with Crippen molar-refractivity contribution in [1.29, 1.82) is 0 Å². The van der Waals surface area contributed by atoms with Crippen LogP contribution in [-0.4, -0.2) is 22.2 Å². The molecule has 0 fully saturated rings. The van der Waals surface area contributed by atoms with Crippen molar-refractivity contribution in [3.8, 4) is 0 Å². The topological polar surface area (TPSA) is 42.2 Å². The normalized spacial score (nSPS) is 10.8. The zero-order chi connectivity index (χ0) is 13.9. The summed E-state index contributed by atoms with van der Waals surface area (Å²) in [7, 11) is 0. The van der Waals surface area contributed by atoms with Crippen LogP contribution in [0.4, 0.5) is 0 Å². The molecule has 0 aliphatic rings. The number of aliphatic hydroxyl groups is 1. The summed E-state index contributed by atoms with van der Waals surface area (Å²) in [6.07, 6.45) is 2.38. The minimum atomic E-state index is -0.0500. The summed E-state index contributed by atoms with van der Waals surface area (Å²) in [5, 5.41) is 10.2. The van der Waals surface area contributed by atoms with Crippen LogP contribution in [-0.2, 0) is 6.42 Å². The Labute approximate surface area is 117 Å². The molecule has 0 bridgehead atoms. The highest BCUT2D eigenvalue weighted by Gasteiger charge is 2.14. The van der Waals surface area contributed by atoms with Crippen molar-refractivity contribution in [2.75, 3.05) is 6.61 Å². The average molecular weight is 265 g/mol. The van der Waals surface area contributed by atoms with Gasteiger partial charge in [0.05, 0.1) is 5.52 Å². The number of carbonyl (C=O) groups is 1. The molecule has 1 N–H and O–H groups in total. The number of carbonyl (C=O) groups excluding carboxylic acids is 1. The van der Waals surface area contributed by atoms with Crippen molar-refractivity contribution >= 4 is 16.8 Å². The Morgan fingerprint density at radius 3 is 2.45 bits per heavy atom. The second-order valence-electron chi connectivity index (χ2n) is 4.69. The van der Waals surface area contributed by atoms with E-state index in [0.717, 1.165) is 16.5 Å². The minimum absolute atomic E-state index is 0.0500. The smallest absolute Gasteiger partial charge is 0.262 e. The van der Waals surface area contributed by atoms with Crippen LogP contribution in [0.1, 0.15) is 15.9 Å². The molecule has 0 aliphatic carbocycles. The monoisotopic (exact) mass is 265 g/mol. The van der Waals surface area contributed by atoms with Gasteiger partial charge < -0.3 is 5.11 Å². The molecular formula is C17H15NO2. The van der Waals surface area contributed by atoms with E-state index in [1.807, 2.05) is 60.8 Å². The quantitative estimate of drug-likeness (QED) is 0.791. The highest BCUT2D eigenvalue weighted by molar-refractivity contribution is 6.02. The zero-order valence-electron chi connectivity index (χ0n) is 11.0. The molecule has 0 amide bonds. The summed E-state index contributed by atoms with van der Waals surface area (Å²) in [6, 6.07) is 17.0. The lowest BCUT2D eigenvalue weighted by atomic mass is 10.1. The van der Waals surface area contributed by atoms with Gasteiger partial charge in [-0.1, -0.05) is 36.4 Å². The fraction of sp³-hybridized carbons (Fsp3) is 0.118. The Morgan fingerprint density at radius 1 is 1.00 bits per heavy atom. The molecule has 0 atom stereocenters. The first-order valence-corrected chi connectivity index (χ1v) is 6.61. The van der Waals surface area contributed by atoms with Gasteiger partial charge in [-0.15, -0.1) is 0 Å². The molecule has 3 nitrogen and oxygen atoms in total. The molecular weight excluding hydrogens is 250 g/mol. The van der Waals surface area contributed by atoms with Crippen LogP contribution < -0.4 is 0 Å². The lowest BCUT2D eigenvalue weighted by Gasteiger charge is -2.03. The van der Waals surface area contributed by atoms with E-state index in [-0.39, 0.29) is 12.5 Å². The number of benzene rings is 2. The van der Waals surface area contributed by atoms with Gasteiger partial charge in [0.25, 0.3) is 5.91 Å². The third-order valence-corrected chi connectivity index (χ3v) is 3.42. The van der Waals surface area contributed by atoms with Crippen LogP contribution >= 0.6 is 0 Å². The Morgan fingerprint density at radius 2 is 1.70 bits per heavy atom. The van der Waals surface area contributed by atoms with Gasteiger partial charge >= 0.3 is 0 Å². The molecule has 1 heterocycles. The van der Waals surface area contributed by atoms with Crippen LogP contribution in [0.15, 0.2) is 60.8 Å². The Hall–Kier alpha value is -2.39. The first-order chi connectivity index (χ1) is 9.81. The van der Waals surface area contributed by atoms with Gasteiger partial charge in [0.1, 0.15) is 0 Å². The summed E-state index contributed by atoms with van der Waals surface area (Å²) in [5.41, 5.74) is 2.53. The molecule has 0 aliphatic heterocycles. The number of para-hydroxylation sites is 1. The maximum atomic E-state index is 12.6. The number of hydrogen-bond acceptors (Lipinski definition) is 2. The molecule has 0 saturated heterocycles. The second-order valence-corrected chi connectivity index (χ2v) is 4.69. The van der Waals surface area contributed by atoms with Gasteiger partial charge in [0, 0.05) is 23.8 Å². The molecule has 1 aromatic heterocycles. The van der Waals surface area contributed by atoms with Crippen molar-refractivity contribution in [1.82, 2.24) is 4.57 Å². The fourth-order valence-corrected chi connectivity index (χ4v) is 2.46. The van der Waals surface area contributed by atoms with Crippen LogP contribution in [0, 0.1) is 0 Å². The fourth-order valence-electron chi connectivity index (χ4n) is 2.46. The first-order valence-electron chi connectivity index (χ1n) is 6.61. The molecule has 100 valence electrons. The molecule has 0 unspecified atom stereocenters.